The van der Waals surface area contributed by atoms with Crippen LogP contribution >= 0.6 is 0 Å². The first-order valence-electron chi connectivity index (χ1n) is 8.67. The number of hydrogen-bond donors (Lipinski definition) is 0. The topological polar surface area (TPSA) is 26.3 Å². The predicted molar refractivity (Wildman–Crippen MR) is 84.7 cm³/mol. The fourth-order valence-corrected chi connectivity index (χ4v) is 2.70. The number of cyclic esters (lactones) is 1. The van der Waals surface area contributed by atoms with E-state index in [0.29, 0.717) is 6.42 Å². The van der Waals surface area contributed by atoms with Gasteiger partial charge < -0.3 is 4.74 Å². The number of unbranched alkanes of at least 4 members (excludes halogenated alkanes) is 3. The second-order valence-corrected chi connectivity index (χ2v) is 5.97. The maximum absolute atomic E-state index is 11.8. The first-order valence-corrected chi connectivity index (χ1v) is 8.67. The summed E-state index contributed by atoms with van der Waals surface area (Å²) in [6, 6.07) is 0. The highest BCUT2D eigenvalue weighted by Gasteiger charge is 2.13. The van der Waals surface area contributed by atoms with Gasteiger partial charge in [0.05, 0.1) is 0 Å². The first kappa shape index (κ1) is 17.3. The van der Waals surface area contributed by atoms with Crippen molar-refractivity contribution in [2.24, 2.45) is 0 Å². The Morgan fingerprint density at radius 3 is 2.70 bits per heavy atom. The van der Waals surface area contributed by atoms with E-state index < -0.39 is 0 Å². The molecule has 0 N–H and O–H groups in total. The third-order valence-electron chi connectivity index (χ3n) is 4.00. The molecule has 20 heavy (non-hydrogen) atoms. The Balaban J connectivity index is 2.37. The van der Waals surface area contributed by atoms with E-state index in [4.69, 9.17) is 4.74 Å². The van der Waals surface area contributed by atoms with E-state index in [1.165, 1.54) is 57.8 Å². The third kappa shape index (κ3) is 9.17. The van der Waals surface area contributed by atoms with Crippen LogP contribution in [-0.4, -0.2) is 12.1 Å². The summed E-state index contributed by atoms with van der Waals surface area (Å²) in [6.07, 6.45) is 19.3. The zero-order valence-corrected chi connectivity index (χ0v) is 13.2. The van der Waals surface area contributed by atoms with Crippen LogP contribution in [0.15, 0.2) is 12.2 Å². The zero-order chi connectivity index (χ0) is 14.5. The van der Waals surface area contributed by atoms with Crippen LogP contribution in [0.3, 0.4) is 0 Å². The average molecular weight is 280 g/mol. The Kier molecular flexibility index (Phi) is 10.3. The largest absolute Gasteiger partial charge is 0.462 e. The number of carbonyl (C=O) groups is 1. The van der Waals surface area contributed by atoms with Crippen molar-refractivity contribution in [1.29, 1.82) is 0 Å². The lowest BCUT2D eigenvalue weighted by Crippen LogP contribution is -2.17. The maximum atomic E-state index is 11.8. The van der Waals surface area contributed by atoms with Crippen LogP contribution in [0, 0.1) is 0 Å². The Morgan fingerprint density at radius 1 is 1.05 bits per heavy atom. The fourth-order valence-electron chi connectivity index (χ4n) is 2.70. The number of carbonyl (C=O) groups excluding carboxylic acids is 1. The third-order valence-corrected chi connectivity index (χ3v) is 4.00. The molecule has 2 nitrogen and oxygen atoms in total. The molecule has 0 amide bonds. The summed E-state index contributed by atoms with van der Waals surface area (Å²) in [5, 5.41) is 0. The molecule has 1 aliphatic rings. The van der Waals surface area contributed by atoms with Crippen molar-refractivity contribution < 1.29 is 9.53 Å². The standard InChI is InChI=1S/C18H32O2/c1-2-3-4-11-14-17-15-12-9-7-5-6-8-10-13-16-18(19)20-17/h9,12,17H,2-8,10-11,13-16H2,1H3/b12-9-/t17-/m0/s1. The Hall–Kier alpha value is -0.790. The van der Waals surface area contributed by atoms with Crippen LogP contribution in [0.4, 0.5) is 0 Å². The van der Waals surface area contributed by atoms with E-state index in [-0.39, 0.29) is 12.1 Å². The molecule has 1 heterocycles. The number of rotatable bonds is 5. The Labute approximate surface area is 125 Å². The highest BCUT2D eigenvalue weighted by Crippen LogP contribution is 2.16. The molecule has 0 spiro atoms. The minimum absolute atomic E-state index is 0.0122. The van der Waals surface area contributed by atoms with E-state index in [1.807, 2.05) is 0 Å². The molecule has 1 aliphatic heterocycles. The lowest BCUT2D eigenvalue weighted by Gasteiger charge is -2.16. The van der Waals surface area contributed by atoms with Crippen molar-refractivity contribution in [3.05, 3.63) is 12.2 Å². The van der Waals surface area contributed by atoms with Gasteiger partial charge in [0.1, 0.15) is 6.10 Å². The Bertz CT molecular complexity index is 271. The summed E-state index contributed by atoms with van der Waals surface area (Å²) >= 11 is 0. The molecule has 0 aromatic carbocycles. The second-order valence-electron chi connectivity index (χ2n) is 5.97. The van der Waals surface area contributed by atoms with Crippen molar-refractivity contribution in [2.45, 2.75) is 96.5 Å². The van der Waals surface area contributed by atoms with Crippen molar-refractivity contribution in [3.8, 4) is 0 Å². The number of ether oxygens (including phenoxy) is 1. The molecule has 0 saturated heterocycles. The molecule has 0 aliphatic carbocycles. The smallest absolute Gasteiger partial charge is 0.306 e. The van der Waals surface area contributed by atoms with E-state index in [9.17, 15) is 4.79 Å². The van der Waals surface area contributed by atoms with Crippen LogP contribution in [0.5, 0.6) is 0 Å². The van der Waals surface area contributed by atoms with Crippen molar-refractivity contribution in [1.82, 2.24) is 0 Å². The SMILES string of the molecule is CCCCCC[C@H]1C/C=C\CCCCCCCC(=O)O1. The van der Waals surface area contributed by atoms with E-state index in [2.05, 4.69) is 19.1 Å². The average Bonchev–Trinajstić information content (AvgIpc) is 2.46. The molecular weight excluding hydrogens is 248 g/mol. The predicted octanol–water partition coefficient (Wildman–Crippen LogP) is 5.56. The molecule has 116 valence electrons. The maximum Gasteiger partial charge on any atom is 0.306 e. The lowest BCUT2D eigenvalue weighted by atomic mass is 10.1. The first-order chi connectivity index (χ1) is 9.83. The lowest BCUT2D eigenvalue weighted by molar-refractivity contribution is -0.149. The van der Waals surface area contributed by atoms with Gasteiger partial charge in [-0.2, -0.15) is 0 Å². The Morgan fingerprint density at radius 2 is 1.85 bits per heavy atom. The van der Waals surface area contributed by atoms with Gasteiger partial charge in [-0.1, -0.05) is 57.6 Å². The highest BCUT2D eigenvalue weighted by atomic mass is 16.5. The van der Waals surface area contributed by atoms with E-state index in [0.717, 1.165) is 19.3 Å². The van der Waals surface area contributed by atoms with Gasteiger partial charge in [0, 0.05) is 12.8 Å². The minimum atomic E-state index is 0.0122. The highest BCUT2D eigenvalue weighted by molar-refractivity contribution is 5.69. The fraction of sp³-hybridized carbons (Fsp3) is 0.833. The summed E-state index contributed by atoms with van der Waals surface area (Å²) in [5.74, 6) is 0.0122. The number of allylic oxidation sites excluding steroid dienone is 1. The molecule has 1 rings (SSSR count). The molecule has 0 saturated carbocycles. The minimum Gasteiger partial charge on any atom is -0.462 e. The normalized spacial score (nSPS) is 24.1. The van der Waals surface area contributed by atoms with Gasteiger partial charge in [-0.3, -0.25) is 4.79 Å². The van der Waals surface area contributed by atoms with Crippen molar-refractivity contribution in [3.63, 3.8) is 0 Å². The van der Waals surface area contributed by atoms with Gasteiger partial charge in [-0.15, -0.1) is 0 Å². The molecule has 0 unspecified atom stereocenters. The number of hydrogen-bond acceptors (Lipinski definition) is 2. The van der Waals surface area contributed by atoms with E-state index >= 15 is 0 Å². The molecule has 1 atom stereocenters. The van der Waals surface area contributed by atoms with E-state index in [1.54, 1.807) is 0 Å². The molecule has 0 aromatic rings. The van der Waals surface area contributed by atoms with Crippen LogP contribution < -0.4 is 0 Å². The summed E-state index contributed by atoms with van der Waals surface area (Å²) in [6.45, 7) is 2.22. The second kappa shape index (κ2) is 12.0. The molecular formula is C18H32O2. The molecule has 2 heteroatoms. The van der Waals surface area contributed by atoms with Gasteiger partial charge in [0.25, 0.3) is 0 Å². The summed E-state index contributed by atoms with van der Waals surface area (Å²) in [7, 11) is 0. The van der Waals surface area contributed by atoms with Crippen LogP contribution in [0.25, 0.3) is 0 Å². The summed E-state index contributed by atoms with van der Waals surface area (Å²) in [4.78, 5) is 11.8. The zero-order valence-electron chi connectivity index (χ0n) is 13.2. The summed E-state index contributed by atoms with van der Waals surface area (Å²) < 4.78 is 5.65. The van der Waals surface area contributed by atoms with Crippen LogP contribution in [0.1, 0.15) is 90.4 Å². The molecule has 0 aromatic heterocycles. The number of esters is 1. The quantitative estimate of drug-likeness (QED) is 0.374. The molecule has 0 radical (unpaired) electrons. The monoisotopic (exact) mass is 280 g/mol. The van der Waals surface area contributed by atoms with Crippen LogP contribution in [-0.2, 0) is 9.53 Å². The van der Waals surface area contributed by atoms with Gasteiger partial charge in [0.15, 0.2) is 0 Å². The van der Waals surface area contributed by atoms with Gasteiger partial charge >= 0.3 is 5.97 Å². The van der Waals surface area contributed by atoms with Gasteiger partial charge in [-0.25, -0.2) is 0 Å². The summed E-state index contributed by atoms with van der Waals surface area (Å²) in [5.41, 5.74) is 0. The molecule has 0 bridgehead atoms. The van der Waals surface area contributed by atoms with Crippen LogP contribution in [0.2, 0.25) is 0 Å². The van der Waals surface area contributed by atoms with Crippen molar-refractivity contribution in [2.75, 3.05) is 0 Å². The van der Waals surface area contributed by atoms with Crippen molar-refractivity contribution >= 4 is 5.97 Å². The molecule has 0 fully saturated rings. The van der Waals surface area contributed by atoms with Gasteiger partial charge in [0.2, 0.25) is 0 Å². The van der Waals surface area contributed by atoms with Gasteiger partial charge in [-0.05, 0) is 32.1 Å².